The zero-order valence-corrected chi connectivity index (χ0v) is 14.3. The third-order valence-corrected chi connectivity index (χ3v) is 3.94. The minimum absolute atomic E-state index is 0.253. The summed E-state index contributed by atoms with van der Waals surface area (Å²) in [5, 5.41) is 3.42. The lowest BCUT2D eigenvalue weighted by Crippen LogP contribution is -2.30. The molecule has 0 radical (unpaired) electrons. The van der Waals surface area contributed by atoms with E-state index in [-0.39, 0.29) is 18.6 Å². The van der Waals surface area contributed by atoms with Crippen molar-refractivity contribution in [3.05, 3.63) is 64.7 Å². The Morgan fingerprint density at radius 1 is 1.04 bits per heavy atom. The summed E-state index contributed by atoms with van der Waals surface area (Å²) in [5.41, 5.74) is 1.31. The summed E-state index contributed by atoms with van der Waals surface area (Å²) in [7, 11) is 0. The molecule has 0 spiro atoms. The lowest BCUT2D eigenvalue weighted by atomic mass is 10.1. The second kappa shape index (κ2) is 8.03. The van der Waals surface area contributed by atoms with E-state index in [9.17, 15) is 9.59 Å². The molecule has 1 fully saturated rings. The fourth-order valence-electron chi connectivity index (χ4n) is 2.15. The molecular formula is C19H18ClNO4. The van der Waals surface area contributed by atoms with E-state index in [1.54, 1.807) is 48.5 Å². The molecule has 1 saturated carbocycles. The molecule has 1 amide bonds. The van der Waals surface area contributed by atoms with Crippen molar-refractivity contribution in [2.75, 3.05) is 6.61 Å². The molecule has 0 bridgehead atoms. The molecule has 0 saturated heterocycles. The van der Waals surface area contributed by atoms with Gasteiger partial charge in [0.2, 0.25) is 0 Å². The molecule has 6 heteroatoms. The maximum atomic E-state index is 11.9. The van der Waals surface area contributed by atoms with Gasteiger partial charge in [-0.2, -0.15) is 0 Å². The molecule has 2 aromatic carbocycles. The Bertz CT molecular complexity index is 739. The van der Waals surface area contributed by atoms with Crippen molar-refractivity contribution >= 4 is 23.5 Å². The third kappa shape index (κ3) is 5.50. The van der Waals surface area contributed by atoms with Crippen molar-refractivity contribution in [2.45, 2.75) is 25.5 Å². The lowest BCUT2D eigenvalue weighted by Gasteiger charge is -2.08. The highest BCUT2D eigenvalue weighted by Gasteiger charge is 2.23. The number of benzene rings is 2. The highest BCUT2D eigenvalue weighted by molar-refractivity contribution is 6.30. The summed E-state index contributed by atoms with van der Waals surface area (Å²) in [6.45, 7) is 0.123. The molecule has 0 aliphatic heterocycles. The fraction of sp³-hybridized carbons (Fsp3) is 0.263. The Morgan fingerprint density at radius 2 is 1.72 bits per heavy atom. The topological polar surface area (TPSA) is 64.6 Å². The van der Waals surface area contributed by atoms with Gasteiger partial charge in [-0.15, -0.1) is 0 Å². The summed E-state index contributed by atoms with van der Waals surface area (Å²) in [6.07, 6.45) is 2.00. The molecule has 0 aromatic heterocycles. The van der Waals surface area contributed by atoms with Crippen molar-refractivity contribution in [1.29, 1.82) is 0 Å². The van der Waals surface area contributed by atoms with Crippen LogP contribution in [0.25, 0.3) is 0 Å². The van der Waals surface area contributed by atoms with Gasteiger partial charge in [-0.3, -0.25) is 4.79 Å². The van der Waals surface area contributed by atoms with Crippen LogP contribution >= 0.6 is 11.6 Å². The van der Waals surface area contributed by atoms with E-state index < -0.39 is 5.97 Å². The number of ether oxygens (including phenoxy) is 2. The molecule has 0 heterocycles. The van der Waals surface area contributed by atoms with E-state index in [0.29, 0.717) is 17.2 Å². The van der Waals surface area contributed by atoms with Crippen molar-refractivity contribution < 1.29 is 19.1 Å². The molecule has 1 aliphatic carbocycles. The molecule has 25 heavy (non-hydrogen) atoms. The number of esters is 1. The maximum Gasteiger partial charge on any atom is 0.338 e. The number of hydrogen-bond donors (Lipinski definition) is 1. The van der Waals surface area contributed by atoms with E-state index in [1.165, 1.54) is 0 Å². The van der Waals surface area contributed by atoms with Crippen LogP contribution in [0.3, 0.4) is 0 Å². The lowest BCUT2D eigenvalue weighted by molar-refractivity contribution is -0.124. The maximum absolute atomic E-state index is 11.9. The number of nitrogens with one attached hydrogen (secondary N) is 1. The van der Waals surface area contributed by atoms with Gasteiger partial charge in [-0.25, -0.2) is 4.79 Å². The molecule has 0 atom stereocenters. The first-order chi connectivity index (χ1) is 12.1. The Labute approximate surface area is 150 Å². The predicted octanol–water partition coefficient (Wildman–Crippen LogP) is 3.35. The van der Waals surface area contributed by atoms with Crippen LogP contribution in [0.15, 0.2) is 48.5 Å². The van der Waals surface area contributed by atoms with E-state index >= 15 is 0 Å². The largest absolute Gasteiger partial charge is 0.489 e. The number of carbonyl (C=O) groups excluding carboxylic acids is 2. The van der Waals surface area contributed by atoms with E-state index in [1.807, 2.05) is 0 Å². The average Bonchev–Trinajstić information content (AvgIpc) is 3.43. The zero-order valence-electron chi connectivity index (χ0n) is 13.5. The van der Waals surface area contributed by atoms with Gasteiger partial charge in [0.05, 0.1) is 5.56 Å². The minimum atomic E-state index is -0.517. The van der Waals surface area contributed by atoms with Gasteiger partial charge >= 0.3 is 5.97 Å². The number of amides is 1. The van der Waals surface area contributed by atoms with Crippen LogP contribution in [0, 0.1) is 0 Å². The van der Waals surface area contributed by atoms with Crippen LogP contribution in [0.1, 0.15) is 28.8 Å². The fourth-order valence-corrected chi connectivity index (χ4v) is 2.27. The monoisotopic (exact) mass is 359 g/mol. The second-order valence-corrected chi connectivity index (χ2v) is 6.29. The molecule has 0 unspecified atom stereocenters. The van der Waals surface area contributed by atoms with Crippen molar-refractivity contribution in [3.8, 4) is 5.75 Å². The zero-order chi connectivity index (χ0) is 17.6. The van der Waals surface area contributed by atoms with Crippen molar-refractivity contribution in [2.24, 2.45) is 0 Å². The molecule has 3 rings (SSSR count). The van der Waals surface area contributed by atoms with E-state index in [4.69, 9.17) is 21.1 Å². The van der Waals surface area contributed by atoms with Gasteiger partial charge in [0.25, 0.3) is 5.91 Å². The first-order valence-corrected chi connectivity index (χ1v) is 8.42. The first kappa shape index (κ1) is 17.3. The Morgan fingerprint density at radius 3 is 2.36 bits per heavy atom. The Balaban J connectivity index is 1.46. The summed E-state index contributed by atoms with van der Waals surface area (Å²) >= 11 is 5.82. The van der Waals surface area contributed by atoms with Gasteiger partial charge in [0, 0.05) is 11.1 Å². The van der Waals surface area contributed by atoms with Crippen molar-refractivity contribution in [3.63, 3.8) is 0 Å². The van der Waals surface area contributed by atoms with Crippen LogP contribution in [0.2, 0.25) is 5.02 Å². The van der Waals surface area contributed by atoms with Crippen LogP contribution in [-0.4, -0.2) is 24.5 Å². The summed E-state index contributed by atoms with van der Waals surface area (Å²) in [5.74, 6) is -0.0606. The first-order valence-electron chi connectivity index (χ1n) is 8.04. The Hall–Kier alpha value is -2.53. The number of rotatable bonds is 7. The molecule has 130 valence electrons. The van der Waals surface area contributed by atoms with Gasteiger partial charge < -0.3 is 14.8 Å². The van der Waals surface area contributed by atoms with Crippen LogP contribution < -0.4 is 10.1 Å². The Kier molecular flexibility index (Phi) is 5.56. The van der Waals surface area contributed by atoms with Gasteiger partial charge in [-0.1, -0.05) is 23.7 Å². The number of hydrogen-bond acceptors (Lipinski definition) is 4. The van der Waals surface area contributed by atoms with E-state index in [0.717, 1.165) is 24.2 Å². The van der Waals surface area contributed by atoms with Crippen LogP contribution in [0.5, 0.6) is 5.75 Å². The van der Waals surface area contributed by atoms with E-state index in [2.05, 4.69) is 5.32 Å². The molecule has 1 aliphatic rings. The van der Waals surface area contributed by atoms with Gasteiger partial charge in [0.15, 0.2) is 6.61 Å². The minimum Gasteiger partial charge on any atom is -0.489 e. The molecular weight excluding hydrogens is 342 g/mol. The summed E-state index contributed by atoms with van der Waals surface area (Å²) in [6, 6.07) is 14.2. The quantitative estimate of drug-likeness (QED) is 0.770. The molecule has 2 aromatic rings. The standard InChI is InChI=1S/C19H18ClNO4/c20-15-5-9-17(10-6-15)24-11-13-1-3-14(4-2-13)19(23)25-12-18(22)21-16-7-8-16/h1-6,9-10,16H,7-8,11-12H2,(H,21,22). The van der Waals surface area contributed by atoms with Crippen LogP contribution in [0.4, 0.5) is 0 Å². The summed E-state index contributed by atoms with van der Waals surface area (Å²) in [4.78, 5) is 23.4. The second-order valence-electron chi connectivity index (χ2n) is 5.86. The van der Waals surface area contributed by atoms with Gasteiger partial charge in [-0.05, 0) is 54.8 Å². The summed E-state index contributed by atoms with van der Waals surface area (Å²) < 4.78 is 10.6. The third-order valence-electron chi connectivity index (χ3n) is 3.69. The molecule has 1 N–H and O–H groups in total. The highest BCUT2D eigenvalue weighted by atomic mass is 35.5. The van der Waals surface area contributed by atoms with Crippen molar-refractivity contribution in [1.82, 2.24) is 5.32 Å². The highest BCUT2D eigenvalue weighted by Crippen LogP contribution is 2.18. The van der Waals surface area contributed by atoms with Gasteiger partial charge in [0.1, 0.15) is 12.4 Å². The van der Waals surface area contributed by atoms with Crippen LogP contribution in [-0.2, 0) is 16.1 Å². The number of halogens is 1. The smallest absolute Gasteiger partial charge is 0.338 e. The SMILES string of the molecule is O=C(COC(=O)c1ccc(COc2ccc(Cl)cc2)cc1)NC1CC1. The average molecular weight is 360 g/mol. The predicted molar refractivity (Wildman–Crippen MR) is 93.7 cm³/mol. The molecule has 5 nitrogen and oxygen atoms in total. The number of carbonyl (C=O) groups is 2. The normalized spacial score (nSPS) is 13.2.